The Kier molecular flexibility index (Phi) is 10.7. The summed E-state index contributed by atoms with van der Waals surface area (Å²) in [6, 6.07) is 20.8. The van der Waals surface area contributed by atoms with Crippen LogP contribution in [0.2, 0.25) is 0 Å². The Bertz CT molecular complexity index is 1600. The van der Waals surface area contributed by atoms with Gasteiger partial charge in [-0.1, -0.05) is 60.7 Å². The van der Waals surface area contributed by atoms with E-state index in [1.54, 1.807) is 13.1 Å². The van der Waals surface area contributed by atoms with Crippen molar-refractivity contribution >= 4 is 5.91 Å². The molecule has 2 aromatic heterocycles. The topological polar surface area (TPSA) is 106 Å². The highest BCUT2D eigenvalue weighted by atomic mass is 19.3. The van der Waals surface area contributed by atoms with Crippen LogP contribution in [0.3, 0.4) is 0 Å². The number of alkyl halides is 2. The van der Waals surface area contributed by atoms with Crippen molar-refractivity contribution in [2.45, 2.75) is 37.9 Å². The molecular formula is C35H39F2N7O4. The van der Waals surface area contributed by atoms with Crippen molar-refractivity contribution in [2.24, 2.45) is 0 Å². The molecule has 0 unspecified atom stereocenters. The molecule has 252 valence electrons. The van der Waals surface area contributed by atoms with Gasteiger partial charge in [0.15, 0.2) is 6.61 Å². The van der Waals surface area contributed by atoms with Gasteiger partial charge in [0.05, 0.1) is 25.5 Å². The molecule has 0 spiro atoms. The Hall–Kier alpha value is -4.75. The zero-order chi connectivity index (χ0) is 33.5. The van der Waals surface area contributed by atoms with Crippen LogP contribution in [0.25, 0.3) is 0 Å². The lowest BCUT2D eigenvalue weighted by Gasteiger charge is -2.53. The first kappa shape index (κ1) is 33.2. The van der Waals surface area contributed by atoms with Crippen LogP contribution < -0.4 is 14.2 Å². The van der Waals surface area contributed by atoms with Gasteiger partial charge in [0.25, 0.3) is 12.3 Å². The third-order valence-electron chi connectivity index (χ3n) is 8.75. The van der Waals surface area contributed by atoms with Crippen molar-refractivity contribution in [1.82, 2.24) is 34.6 Å². The Labute approximate surface area is 278 Å². The van der Waals surface area contributed by atoms with E-state index in [0.29, 0.717) is 44.0 Å². The molecule has 0 bridgehead atoms. The van der Waals surface area contributed by atoms with E-state index >= 15 is 0 Å². The van der Waals surface area contributed by atoms with Gasteiger partial charge in [-0.2, -0.15) is 9.97 Å². The van der Waals surface area contributed by atoms with Crippen molar-refractivity contribution < 1.29 is 27.8 Å². The standard InChI is InChI=1S/C35H39F2N7O4/c1-3-47-35-40-32(46-2)27(33(41-35)48-23-30(36)37)21-42-19-26-20-43(34(45)28-18-38-14-15-39-28)16-17-44(26)29(22-42)31(24-10-6-4-7-11-24)25-12-8-5-9-13-25/h4-15,18,26,29-31H,3,16-17,19-23H2,1-2H3/t26-,29+/m1/s1. The lowest BCUT2D eigenvalue weighted by molar-refractivity contribution is -0.0294. The highest BCUT2D eigenvalue weighted by Crippen LogP contribution is 2.37. The Balaban J connectivity index is 1.38. The highest BCUT2D eigenvalue weighted by molar-refractivity contribution is 5.92. The Morgan fingerprint density at radius 1 is 0.917 bits per heavy atom. The van der Waals surface area contributed by atoms with Crippen molar-refractivity contribution in [3.8, 4) is 17.8 Å². The number of hydrogen-bond donors (Lipinski definition) is 0. The molecule has 0 aliphatic carbocycles. The van der Waals surface area contributed by atoms with Crippen molar-refractivity contribution in [2.75, 3.05) is 53.0 Å². The number of methoxy groups -OCH3 is 1. The summed E-state index contributed by atoms with van der Waals surface area (Å²) in [5.41, 5.74) is 3.11. The summed E-state index contributed by atoms with van der Waals surface area (Å²) in [5.74, 6) is 0.0362. The molecule has 2 aliphatic rings. The first-order valence-corrected chi connectivity index (χ1v) is 16.1. The fourth-order valence-electron chi connectivity index (χ4n) is 6.76. The second-order valence-corrected chi connectivity index (χ2v) is 11.7. The highest BCUT2D eigenvalue weighted by Gasteiger charge is 2.43. The van der Waals surface area contributed by atoms with Gasteiger partial charge in [0, 0.05) is 69.7 Å². The Morgan fingerprint density at radius 2 is 1.62 bits per heavy atom. The molecule has 0 saturated carbocycles. The summed E-state index contributed by atoms with van der Waals surface area (Å²) in [5, 5.41) is 0. The van der Waals surface area contributed by atoms with Gasteiger partial charge in [-0.3, -0.25) is 19.6 Å². The summed E-state index contributed by atoms with van der Waals surface area (Å²) in [7, 11) is 1.47. The molecule has 2 aromatic carbocycles. The number of aromatic nitrogens is 4. The molecular weight excluding hydrogens is 620 g/mol. The van der Waals surface area contributed by atoms with Crippen LogP contribution in [0.15, 0.2) is 79.3 Å². The third kappa shape index (κ3) is 7.52. The first-order valence-electron chi connectivity index (χ1n) is 16.1. The fraction of sp³-hybridized carbons (Fsp3) is 0.400. The van der Waals surface area contributed by atoms with Gasteiger partial charge >= 0.3 is 6.01 Å². The molecule has 4 heterocycles. The zero-order valence-electron chi connectivity index (χ0n) is 27.0. The molecule has 0 N–H and O–H groups in total. The quantitative estimate of drug-likeness (QED) is 0.220. The molecule has 48 heavy (non-hydrogen) atoms. The van der Waals surface area contributed by atoms with E-state index in [-0.39, 0.29) is 54.8 Å². The fourth-order valence-corrected chi connectivity index (χ4v) is 6.76. The van der Waals surface area contributed by atoms with E-state index < -0.39 is 13.0 Å². The number of nitrogens with zero attached hydrogens (tertiary/aromatic N) is 7. The molecule has 4 aromatic rings. The molecule has 2 atom stereocenters. The van der Waals surface area contributed by atoms with Crippen LogP contribution in [-0.2, 0) is 6.54 Å². The lowest BCUT2D eigenvalue weighted by Crippen LogP contribution is -2.67. The minimum atomic E-state index is -2.69. The summed E-state index contributed by atoms with van der Waals surface area (Å²) in [6.07, 6.45) is 1.86. The first-order chi connectivity index (χ1) is 23.4. The average molecular weight is 660 g/mol. The van der Waals surface area contributed by atoms with E-state index in [4.69, 9.17) is 14.2 Å². The van der Waals surface area contributed by atoms with Crippen LogP contribution in [-0.4, -0.2) is 112 Å². The van der Waals surface area contributed by atoms with E-state index in [2.05, 4.69) is 78.3 Å². The number of carbonyl (C=O) groups is 1. The van der Waals surface area contributed by atoms with Gasteiger partial charge in [0.1, 0.15) is 5.69 Å². The summed E-state index contributed by atoms with van der Waals surface area (Å²) < 4.78 is 43.3. The number of amides is 1. The van der Waals surface area contributed by atoms with Crippen molar-refractivity contribution in [3.05, 3.63) is 102 Å². The van der Waals surface area contributed by atoms with Crippen LogP contribution in [0.1, 0.15) is 40.0 Å². The number of halogens is 2. The number of ether oxygens (including phenoxy) is 3. The monoisotopic (exact) mass is 659 g/mol. The second-order valence-electron chi connectivity index (χ2n) is 11.7. The van der Waals surface area contributed by atoms with Gasteiger partial charge < -0.3 is 19.1 Å². The summed E-state index contributed by atoms with van der Waals surface area (Å²) in [6.45, 7) is 4.41. The molecule has 0 radical (unpaired) electrons. The molecule has 13 heteroatoms. The molecule has 1 amide bonds. The number of piperazine rings is 2. The Morgan fingerprint density at radius 3 is 2.25 bits per heavy atom. The second kappa shape index (κ2) is 15.4. The van der Waals surface area contributed by atoms with Crippen molar-refractivity contribution in [1.29, 1.82) is 0 Å². The third-order valence-corrected chi connectivity index (χ3v) is 8.75. The number of hydrogen-bond acceptors (Lipinski definition) is 10. The van der Waals surface area contributed by atoms with Gasteiger partial charge in [-0.25, -0.2) is 13.8 Å². The minimum absolute atomic E-state index is 0.00219. The predicted molar refractivity (Wildman–Crippen MR) is 173 cm³/mol. The molecule has 11 nitrogen and oxygen atoms in total. The zero-order valence-corrected chi connectivity index (χ0v) is 27.0. The lowest BCUT2D eigenvalue weighted by atomic mass is 9.81. The number of carbonyl (C=O) groups excluding carboxylic acids is 1. The molecule has 2 aliphatic heterocycles. The predicted octanol–water partition coefficient (Wildman–Crippen LogP) is 4.16. The van der Waals surface area contributed by atoms with Gasteiger partial charge in [0.2, 0.25) is 11.8 Å². The minimum Gasteiger partial charge on any atom is -0.481 e. The molecule has 2 fully saturated rings. The normalized spacial score (nSPS) is 18.5. The number of rotatable bonds is 12. The van der Waals surface area contributed by atoms with E-state index in [1.165, 1.54) is 30.6 Å². The van der Waals surface area contributed by atoms with E-state index in [1.807, 2.05) is 17.0 Å². The molecule has 2 saturated heterocycles. The smallest absolute Gasteiger partial charge is 0.323 e. The number of benzene rings is 2. The SMILES string of the molecule is CCOc1nc(OC)c(CN2C[C@@H]3CN(C(=O)c4cnccn4)CCN3[C@H](C(c3ccccc3)c3ccccc3)C2)c(OCC(F)F)n1. The number of fused-ring (bicyclic) bond motifs is 1. The average Bonchev–Trinajstić information content (AvgIpc) is 3.12. The van der Waals surface area contributed by atoms with Crippen LogP contribution >= 0.6 is 0 Å². The van der Waals surface area contributed by atoms with Gasteiger partial charge in [-0.15, -0.1) is 0 Å². The summed E-state index contributed by atoms with van der Waals surface area (Å²) in [4.78, 5) is 37.2. The van der Waals surface area contributed by atoms with Gasteiger partial charge in [-0.05, 0) is 18.1 Å². The molecule has 6 rings (SSSR count). The van der Waals surface area contributed by atoms with E-state index in [9.17, 15) is 13.6 Å². The van der Waals surface area contributed by atoms with Crippen LogP contribution in [0.5, 0.6) is 17.8 Å². The maximum Gasteiger partial charge on any atom is 0.323 e. The maximum absolute atomic E-state index is 13.5. The maximum atomic E-state index is 13.5. The van der Waals surface area contributed by atoms with Crippen LogP contribution in [0.4, 0.5) is 8.78 Å². The largest absolute Gasteiger partial charge is 0.481 e. The van der Waals surface area contributed by atoms with E-state index in [0.717, 1.165) is 0 Å². The van der Waals surface area contributed by atoms with Crippen molar-refractivity contribution in [3.63, 3.8) is 0 Å². The van der Waals surface area contributed by atoms with Crippen LogP contribution in [0, 0.1) is 0 Å². The summed E-state index contributed by atoms with van der Waals surface area (Å²) >= 11 is 0.